The number of benzene rings is 3. The van der Waals surface area contributed by atoms with E-state index in [0.29, 0.717) is 29.4 Å². The van der Waals surface area contributed by atoms with Gasteiger partial charge in [-0.25, -0.2) is 19.2 Å². The number of carbonyl (C=O) groups is 4. The molecule has 3 aromatic rings. The Balaban J connectivity index is 1.81. The van der Waals surface area contributed by atoms with Crippen molar-refractivity contribution in [2.45, 2.75) is 70.4 Å². The molecule has 0 spiro atoms. The first-order chi connectivity index (χ1) is 27.3. The van der Waals surface area contributed by atoms with E-state index in [4.69, 9.17) is 37.9 Å². The largest absolute Gasteiger partial charge is 0.486 e. The van der Waals surface area contributed by atoms with Crippen LogP contribution in [0.15, 0.2) is 111 Å². The van der Waals surface area contributed by atoms with Crippen LogP contribution in [-0.2, 0) is 50.0 Å². The van der Waals surface area contributed by atoms with Crippen LogP contribution < -0.4 is 18.9 Å². The van der Waals surface area contributed by atoms with Gasteiger partial charge in [-0.2, -0.15) is 0 Å². The molecule has 0 N–H and O–H groups in total. The van der Waals surface area contributed by atoms with E-state index in [1.165, 1.54) is 0 Å². The van der Waals surface area contributed by atoms with Crippen molar-refractivity contribution in [1.82, 2.24) is 0 Å². The molecule has 0 heterocycles. The van der Waals surface area contributed by atoms with E-state index in [1.54, 1.807) is 39.8 Å². The maximum absolute atomic E-state index is 11.9. The molecule has 3 aromatic carbocycles. The molecule has 0 aliphatic heterocycles. The second-order valence-corrected chi connectivity index (χ2v) is 13.4. The van der Waals surface area contributed by atoms with Crippen LogP contribution in [0.25, 0.3) is 0 Å². The summed E-state index contributed by atoms with van der Waals surface area (Å²) in [7, 11) is 0. The zero-order valence-electron chi connectivity index (χ0n) is 32.9. The molecule has 0 saturated heterocycles. The number of ether oxygens (including phenoxy) is 8. The van der Waals surface area contributed by atoms with Gasteiger partial charge in [0.2, 0.25) is 0 Å². The van der Waals surface area contributed by atoms with Crippen LogP contribution in [0.2, 0.25) is 0 Å². The van der Waals surface area contributed by atoms with Gasteiger partial charge < -0.3 is 37.9 Å². The van der Waals surface area contributed by atoms with Gasteiger partial charge in [0.25, 0.3) is 0 Å². The highest BCUT2D eigenvalue weighted by atomic mass is 16.6. The summed E-state index contributed by atoms with van der Waals surface area (Å²) >= 11 is 0. The number of esters is 4. The maximum Gasteiger partial charge on any atom is 0.330 e. The average Bonchev–Trinajstić information content (AvgIpc) is 3.61. The highest BCUT2D eigenvalue weighted by Crippen LogP contribution is 2.51. The highest BCUT2D eigenvalue weighted by Gasteiger charge is 2.43. The highest BCUT2D eigenvalue weighted by molar-refractivity contribution is 5.82. The van der Waals surface area contributed by atoms with Crippen molar-refractivity contribution in [1.29, 1.82) is 0 Å². The Hall–Kier alpha value is -6.30. The van der Waals surface area contributed by atoms with Gasteiger partial charge in [-0.05, 0) is 87.1 Å². The van der Waals surface area contributed by atoms with Crippen molar-refractivity contribution in [2.24, 2.45) is 0 Å². The molecule has 0 bridgehead atoms. The molecule has 0 saturated carbocycles. The van der Waals surface area contributed by atoms with E-state index in [1.807, 2.05) is 36.4 Å². The Bertz CT molecular complexity index is 1840. The first-order valence-corrected chi connectivity index (χ1v) is 18.5. The first kappa shape index (κ1) is 43.4. The van der Waals surface area contributed by atoms with Gasteiger partial charge in [0.05, 0.1) is 0 Å². The zero-order chi connectivity index (χ0) is 41.5. The molecule has 12 nitrogen and oxygen atoms in total. The number of hydrogen-bond acceptors (Lipinski definition) is 12. The Kier molecular flexibility index (Phi) is 15.7. The molecular formula is C45H50O12. The summed E-state index contributed by atoms with van der Waals surface area (Å²) in [5, 5.41) is 0. The standard InChI is InChI=1S/C45H50O12/c1-9-41(46)54-29(5)25-50-37-19-17-34(23-39(37)52-27-31(7)56-43(48)11-3)45(22-21-33-15-13-14-16-36(33)45)35-18-20-38(51-26-30(6)55-42(47)10-2)40(24-35)53-28-32(8)57-44(49)12-4/h9-20,23-24,29-32H,1-4,21-22,25-28H2,5-8H3. The molecule has 0 radical (unpaired) electrons. The number of rotatable bonds is 22. The maximum atomic E-state index is 11.9. The second kappa shape index (κ2) is 20.6. The van der Waals surface area contributed by atoms with E-state index >= 15 is 0 Å². The first-order valence-electron chi connectivity index (χ1n) is 18.5. The molecule has 4 rings (SSSR count). The van der Waals surface area contributed by atoms with Crippen molar-refractivity contribution in [3.63, 3.8) is 0 Å². The van der Waals surface area contributed by atoms with E-state index in [2.05, 4.69) is 38.4 Å². The molecule has 57 heavy (non-hydrogen) atoms. The molecule has 302 valence electrons. The third-order valence-electron chi connectivity index (χ3n) is 8.95. The lowest BCUT2D eigenvalue weighted by Gasteiger charge is -2.33. The summed E-state index contributed by atoms with van der Waals surface area (Å²) in [6, 6.07) is 19.5. The Morgan fingerprint density at radius 3 is 1.26 bits per heavy atom. The second-order valence-electron chi connectivity index (χ2n) is 13.4. The number of hydrogen-bond donors (Lipinski definition) is 0. The fourth-order valence-corrected chi connectivity index (χ4v) is 6.34. The minimum atomic E-state index is -0.731. The number of aryl methyl sites for hydroxylation is 1. The minimum Gasteiger partial charge on any atom is -0.486 e. The summed E-state index contributed by atoms with van der Waals surface area (Å²) in [5.41, 5.74) is 3.24. The van der Waals surface area contributed by atoms with Gasteiger partial charge in [-0.1, -0.05) is 62.7 Å². The molecular weight excluding hydrogens is 732 g/mol. The number of carbonyl (C=O) groups excluding carboxylic acids is 4. The Labute approximate surface area is 333 Å². The third kappa shape index (κ3) is 11.6. The van der Waals surface area contributed by atoms with Gasteiger partial charge in [-0.15, -0.1) is 0 Å². The van der Waals surface area contributed by atoms with Crippen LogP contribution in [0.4, 0.5) is 0 Å². The van der Waals surface area contributed by atoms with E-state index < -0.39 is 53.7 Å². The predicted octanol–water partition coefficient (Wildman–Crippen LogP) is 6.95. The molecule has 1 aliphatic carbocycles. The molecule has 0 fully saturated rings. The lowest BCUT2D eigenvalue weighted by molar-refractivity contribution is -0.144. The summed E-state index contributed by atoms with van der Waals surface area (Å²) in [5.74, 6) is -0.805. The van der Waals surface area contributed by atoms with Crippen LogP contribution in [0, 0.1) is 0 Å². The van der Waals surface area contributed by atoms with Crippen LogP contribution >= 0.6 is 0 Å². The molecule has 0 amide bonds. The van der Waals surface area contributed by atoms with Crippen LogP contribution in [0.3, 0.4) is 0 Å². The van der Waals surface area contributed by atoms with Gasteiger partial charge >= 0.3 is 23.9 Å². The van der Waals surface area contributed by atoms with Gasteiger partial charge in [-0.3, -0.25) is 0 Å². The molecule has 12 heteroatoms. The van der Waals surface area contributed by atoms with Gasteiger partial charge in [0.1, 0.15) is 50.8 Å². The minimum absolute atomic E-state index is 0.00313. The van der Waals surface area contributed by atoms with Crippen molar-refractivity contribution >= 4 is 23.9 Å². The zero-order valence-corrected chi connectivity index (χ0v) is 32.9. The predicted molar refractivity (Wildman–Crippen MR) is 213 cm³/mol. The fraction of sp³-hybridized carbons (Fsp3) is 0.333. The fourth-order valence-electron chi connectivity index (χ4n) is 6.34. The smallest absolute Gasteiger partial charge is 0.330 e. The van der Waals surface area contributed by atoms with Crippen molar-refractivity contribution in [3.8, 4) is 23.0 Å². The Morgan fingerprint density at radius 2 is 0.895 bits per heavy atom. The normalized spacial score (nSPS) is 16.2. The lowest BCUT2D eigenvalue weighted by Crippen LogP contribution is -2.28. The van der Waals surface area contributed by atoms with E-state index in [0.717, 1.165) is 53.0 Å². The summed E-state index contributed by atoms with van der Waals surface area (Å²) < 4.78 is 46.2. The van der Waals surface area contributed by atoms with E-state index in [-0.39, 0.29) is 26.4 Å². The summed E-state index contributed by atoms with van der Waals surface area (Å²) in [6.45, 7) is 20.7. The molecule has 4 unspecified atom stereocenters. The summed E-state index contributed by atoms with van der Waals surface area (Å²) in [4.78, 5) is 47.5. The quantitative estimate of drug-likeness (QED) is 0.0591. The van der Waals surface area contributed by atoms with Crippen molar-refractivity contribution in [2.75, 3.05) is 26.4 Å². The lowest BCUT2D eigenvalue weighted by atomic mass is 9.70. The summed E-state index contributed by atoms with van der Waals surface area (Å²) in [6.07, 6.45) is 3.34. The van der Waals surface area contributed by atoms with Crippen LogP contribution in [0.5, 0.6) is 23.0 Å². The topological polar surface area (TPSA) is 142 Å². The van der Waals surface area contributed by atoms with Crippen LogP contribution in [0.1, 0.15) is 56.4 Å². The van der Waals surface area contributed by atoms with Crippen LogP contribution in [-0.4, -0.2) is 74.7 Å². The number of fused-ring (bicyclic) bond motifs is 1. The molecule has 1 aliphatic rings. The third-order valence-corrected chi connectivity index (χ3v) is 8.95. The van der Waals surface area contributed by atoms with Crippen molar-refractivity contribution < 1.29 is 57.1 Å². The van der Waals surface area contributed by atoms with E-state index in [9.17, 15) is 19.2 Å². The van der Waals surface area contributed by atoms with Gasteiger partial charge in [0.15, 0.2) is 23.0 Å². The van der Waals surface area contributed by atoms with Crippen molar-refractivity contribution in [3.05, 3.63) is 134 Å². The monoisotopic (exact) mass is 782 g/mol. The molecule has 0 aromatic heterocycles. The average molecular weight is 783 g/mol. The molecule has 4 atom stereocenters. The Morgan fingerprint density at radius 1 is 0.544 bits per heavy atom. The van der Waals surface area contributed by atoms with Gasteiger partial charge in [0, 0.05) is 29.7 Å². The SMILES string of the molecule is C=CC(=O)OC(C)COc1ccc(C2(c3ccc(OCC(C)OC(=O)C=C)c(OCC(C)OC(=O)C=C)c3)CCc3ccccc32)cc1OCC(C)OC(=O)C=C.